The molecule has 0 saturated carbocycles. The number of ether oxygens (including phenoxy) is 4. The Bertz CT molecular complexity index is 3480. The largest absolute Gasteiger partial charge is 0.347 e. The Morgan fingerprint density at radius 3 is 1.04 bits per heavy atom. The molecular formula is C72H79BrN6O4. The van der Waals surface area contributed by atoms with Gasteiger partial charge >= 0.3 is 0 Å². The molecule has 0 spiro atoms. The molecule has 83 heavy (non-hydrogen) atoms. The molecule has 1 atom stereocenters. The lowest BCUT2D eigenvalue weighted by Crippen LogP contribution is -2.33. The van der Waals surface area contributed by atoms with Crippen molar-refractivity contribution in [1.82, 2.24) is 28.2 Å². The van der Waals surface area contributed by atoms with Gasteiger partial charge in [-0.3, -0.25) is 0 Å². The van der Waals surface area contributed by atoms with Crippen LogP contribution in [0.5, 0.6) is 0 Å². The molecule has 428 valence electrons. The molecule has 1 unspecified atom stereocenters. The van der Waals surface area contributed by atoms with Gasteiger partial charge in [0, 0.05) is 82.5 Å². The number of aryl methyl sites for hydroxylation is 8. The number of benzene rings is 4. The summed E-state index contributed by atoms with van der Waals surface area (Å²) in [6.07, 6.45) is 5.03. The fraction of sp³-hybridized carbons (Fsp3) is 0.306. The van der Waals surface area contributed by atoms with Gasteiger partial charge in [0.2, 0.25) is 0 Å². The summed E-state index contributed by atoms with van der Waals surface area (Å²) < 4.78 is 33.1. The summed E-state index contributed by atoms with van der Waals surface area (Å²) in [6.45, 7) is 19.8. The van der Waals surface area contributed by atoms with E-state index >= 15 is 0 Å². The van der Waals surface area contributed by atoms with Crippen LogP contribution in [0.2, 0.25) is 0 Å². The van der Waals surface area contributed by atoms with E-state index in [4.69, 9.17) is 28.9 Å². The second-order valence-corrected chi connectivity index (χ2v) is 23.1. The quantitative estimate of drug-likeness (QED) is 0.0845. The van der Waals surface area contributed by atoms with Crippen molar-refractivity contribution in [2.45, 2.75) is 111 Å². The zero-order valence-electron chi connectivity index (χ0n) is 49.5. The predicted octanol–water partition coefficient (Wildman–Crippen LogP) is 16.0. The molecule has 0 aliphatic carbocycles. The van der Waals surface area contributed by atoms with Gasteiger partial charge in [-0.05, 0) is 174 Å². The molecule has 6 aromatic heterocycles. The van der Waals surface area contributed by atoms with E-state index in [1.807, 2.05) is 18.2 Å². The Labute approximate surface area is 499 Å². The lowest BCUT2D eigenvalue weighted by Gasteiger charge is -2.30. The van der Waals surface area contributed by atoms with Gasteiger partial charge in [0.25, 0.3) is 0 Å². The molecule has 12 rings (SSSR count). The molecule has 0 radical (unpaired) electrons. The Kier molecular flexibility index (Phi) is 19.1. The standard InChI is InChI=1S/C36H39N3O2.C24H25N3.C12H15BrO2/c1-26-15-16-27(2)38(26)34-23-32(24-35(37-34)39-28(3)17-18-29(39)4)33(31-13-9-6-10-14-31)19-20-36(40-21-22-41-36)25-30-11-7-5-8-12-30;1-17-10-11-18(2)26(17)23-15-22(14-21-8-6-5-7-9-21)16-24(25-23)27-19(3)12-13-20(27)4;13-7-6-12(14-8-9-15-12)10-11-4-2-1-3-5-11/h5-18,23-24,33H,19-22,25H2,1-4H3;5-13,15-16H,14H2,1-4H3;1-5H,6-10H2. The zero-order chi connectivity index (χ0) is 57.9. The second-order valence-electron chi connectivity index (χ2n) is 22.3. The third kappa shape index (κ3) is 14.2. The fourth-order valence-electron chi connectivity index (χ4n) is 12.0. The van der Waals surface area contributed by atoms with Crippen molar-refractivity contribution < 1.29 is 18.9 Å². The smallest absolute Gasteiger partial charge is 0.173 e. The maximum atomic E-state index is 6.35. The first-order chi connectivity index (χ1) is 40.3. The van der Waals surface area contributed by atoms with Crippen LogP contribution in [0.25, 0.3) is 23.3 Å². The molecule has 2 saturated heterocycles. The van der Waals surface area contributed by atoms with E-state index in [0.29, 0.717) is 26.4 Å². The molecule has 4 aromatic carbocycles. The first-order valence-electron chi connectivity index (χ1n) is 29.2. The van der Waals surface area contributed by atoms with Gasteiger partial charge < -0.3 is 37.2 Å². The number of rotatable bonds is 17. The van der Waals surface area contributed by atoms with Crippen LogP contribution in [0.1, 0.15) is 104 Å². The van der Waals surface area contributed by atoms with E-state index in [-0.39, 0.29) is 5.92 Å². The summed E-state index contributed by atoms with van der Waals surface area (Å²) in [5.74, 6) is 2.97. The van der Waals surface area contributed by atoms with E-state index in [9.17, 15) is 0 Å². The molecule has 2 fully saturated rings. The van der Waals surface area contributed by atoms with E-state index < -0.39 is 11.6 Å². The predicted molar refractivity (Wildman–Crippen MR) is 338 cm³/mol. The Hall–Kier alpha value is -7.38. The fourth-order valence-corrected chi connectivity index (χ4v) is 12.6. The highest BCUT2D eigenvalue weighted by Gasteiger charge is 2.38. The summed E-state index contributed by atoms with van der Waals surface area (Å²) in [5.41, 5.74) is 17.1. The maximum Gasteiger partial charge on any atom is 0.173 e. The highest BCUT2D eigenvalue weighted by atomic mass is 79.9. The van der Waals surface area contributed by atoms with Gasteiger partial charge in [0.15, 0.2) is 11.6 Å². The van der Waals surface area contributed by atoms with Crippen LogP contribution >= 0.6 is 15.9 Å². The van der Waals surface area contributed by atoms with Crippen LogP contribution in [0.15, 0.2) is 194 Å². The molecule has 0 bridgehead atoms. The van der Waals surface area contributed by atoms with E-state index in [0.717, 1.165) is 67.1 Å². The molecule has 0 N–H and O–H groups in total. The summed E-state index contributed by atoms with van der Waals surface area (Å²) in [6, 6.07) is 68.5. The lowest BCUT2D eigenvalue weighted by atomic mass is 9.85. The summed E-state index contributed by atoms with van der Waals surface area (Å²) in [5, 5.41) is 0.903. The van der Waals surface area contributed by atoms with Gasteiger partial charge in [0.05, 0.1) is 26.4 Å². The van der Waals surface area contributed by atoms with Crippen molar-refractivity contribution in [3.63, 3.8) is 0 Å². The minimum absolute atomic E-state index is 0.143. The summed E-state index contributed by atoms with van der Waals surface area (Å²) in [7, 11) is 0. The third-order valence-electron chi connectivity index (χ3n) is 16.1. The molecule has 10 nitrogen and oxygen atoms in total. The van der Waals surface area contributed by atoms with E-state index in [1.165, 1.54) is 78.9 Å². The minimum atomic E-state index is -0.617. The average molecular weight is 1170 g/mol. The lowest BCUT2D eigenvalue weighted by molar-refractivity contribution is -0.162. The molecule has 10 aromatic rings. The van der Waals surface area contributed by atoms with Gasteiger partial charge in [-0.25, -0.2) is 9.97 Å². The Balaban J connectivity index is 0.000000156. The van der Waals surface area contributed by atoms with Crippen LogP contribution in [0.4, 0.5) is 0 Å². The zero-order valence-corrected chi connectivity index (χ0v) is 51.1. The number of hydrogen-bond donors (Lipinski definition) is 0. The SMILES string of the molecule is BrCCC1(Cc2ccccc2)OCCO1.Cc1ccc(C)n1-c1cc(C(CCC2(Cc3ccccc3)OCCO2)c2ccccc2)cc(-n2c(C)ccc2C)n1.Cc1ccc(C)n1-c1cc(Cc2ccccc2)cc(-n2c(C)ccc2C)n1. The van der Waals surface area contributed by atoms with Gasteiger partial charge in [-0.1, -0.05) is 137 Å². The highest BCUT2D eigenvalue weighted by molar-refractivity contribution is 9.09. The second kappa shape index (κ2) is 26.9. The summed E-state index contributed by atoms with van der Waals surface area (Å²) >= 11 is 3.45. The van der Waals surface area contributed by atoms with Gasteiger partial charge in [-0.2, -0.15) is 0 Å². The Morgan fingerprint density at radius 2 is 0.687 bits per heavy atom. The number of pyridine rings is 2. The number of halogens is 1. The molecule has 2 aliphatic heterocycles. The number of hydrogen-bond acceptors (Lipinski definition) is 6. The third-order valence-corrected chi connectivity index (χ3v) is 16.5. The topological polar surface area (TPSA) is 82.4 Å². The number of alkyl halides is 1. The number of nitrogens with zero attached hydrogens (tertiary/aromatic N) is 6. The van der Waals surface area contributed by atoms with Crippen molar-refractivity contribution in [3.05, 3.63) is 273 Å². The molecule has 0 amide bonds. The average Bonchev–Trinajstić information content (AvgIpc) is 4.59. The van der Waals surface area contributed by atoms with Crippen molar-refractivity contribution in [1.29, 1.82) is 0 Å². The minimum Gasteiger partial charge on any atom is -0.347 e. The normalized spacial score (nSPS) is 14.7. The first-order valence-corrected chi connectivity index (χ1v) is 30.3. The van der Waals surface area contributed by atoms with Crippen molar-refractivity contribution in [2.24, 2.45) is 0 Å². The maximum absolute atomic E-state index is 6.35. The van der Waals surface area contributed by atoms with Crippen LogP contribution in [-0.2, 0) is 38.2 Å². The van der Waals surface area contributed by atoms with E-state index in [1.54, 1.807) is 0 Å². The van der Waals surface area contributed by atoms with Gasteiger partial charge in [0.1, 0.15) is 23.3 Å². The Morgan fingerprint density at radius 1 is 0.373 bits per heavy atom. The van der Waals surface area contributed by atoms with Crippen LogP contribution in [0, 0.1) is 55.4 Å². The van der Waals surface area contributed by atoms with Crippen molar-refractivity contribution in [2.75, 3.05) is 31.8 Å². The monoisotopic (exact) mass is 1170 g/mol. The van der Waals surface area contributed by atoms with Crippen LogP contribution in [0.3, 0.4) is 0 Å². The van der Waals surface area contributed by atoms with Crippen molar-refractivity contribution >= 4 is 15.9 Å². The van der Waals surface area contributed by atoms with Crippen molar-refractivity contribution in [3.8, 4) is 23.3 Å². The molecule has 2 aliphatic rings. The molecule has 8 heterocycles. The molecular weight excluding hydrogens is 1090 g/mol. The van der Waals surface area contributed by atoms with Gasteiger partial charge in [-0.15, -0.1) is 0 Å². The highest BCUT2D eigenvalue weighted by Crippen LogP contribution is 2.38. The molecule has 11 heteroatoms. The van der Waals surface area contributed by atoms with Crippen LogP contribution in [-0.4, -0.2) is 71.6 Å². The van der Waals surface area contributed by atoms with E-state index in [2.05, 4.69) is 266 Å². The number of aromatic nitrogens is 6. The summed E-state index contributed by atoms with van der Waals surface area (Å²) in [4.78, 5) is 10.3. The van der Waals surface area contributed by atoms with Crippen LogP contribution < -0.4 is 0 Å². The first kappa shape index (κ1) is 58.8.